The number of nitrogens with one attached hydrogen (secondary N) is 3. The van der Waals surface area contributed by atoms with Crippen LogP contribution in [0, 0.1) is 11.8 Å². The molecule has 0 bridgehead atoms. The van der Waals surface area contributed by atoms with Crippen LogP contribution in [0.3, 0.4) is 0 Å². The number of carbonyl (C=O) groups excluding carboxylic acids is 3. The second-order valence-electron chi connectivity index (χ2n) is 7.27. The highest BCUT2D eigenvalue weighted by molar-refractivity contribution is 5.92. The third-order valence-electron chi connectivity index (χ3n) is 3.58. The summed E-state index contributed by atoms with van der Waals surface area (Å²) in [6.07, 6.45) is 0.782. The van der Waals surface area contributed by atoms with E-state index < -0.39 is 41.8 Å². The maximum absolute atomic E-state index is 12.0. The number of nitrogens with two attached hydrogens (primary N) is 1. The molecule has 3 atom stereocenters. The van der Waals surface area contributed by atoms with Gasteiger partial charge in [-0.2, -0.15) is 0 Å². The molecular formula is C17H32N4O5. The number of hydrogen-bond donors (Lipinski definition) is 5. The van der Waals surface area contributed by atoms with Crippen molar-refractivity contribution in [1.29, 1.82) is 0 Å². The molecule has 150 valence electrons. The lowest BCUT2D eigenvalue weighted by Crippen LogP contribution is -2.52. The van der Waals surface area contributed by atoms with Crippen LogP contribution in [0.4, 0.5) is 0 Å². The van der Waals surface area contributed by atoms with Gasteiger partial charge in [-0.15, -0.1) is 0 Å². The average Bonchev–Trinajstić information content (AvgIpc) is 2.50. The van der Waals surface area contributed by atoms with Gasteiger partial charge in [0.2, 0.25) is 17.7 Å². The van der Waals surface area contributed by atoms with Gasteiger partial charge in [-0.25, -0.2) is 4.79 Å². The summed E-state index contributed by atoms with van der Waals surface area (Å²) in [6, 6.07) is -2.58. The van der Waals surface area contributed by atoms with E-state index in [0.717, 1.165) is 0 Å². The zero-order chi connectivity index (χ0) is 20.4. The Labute approximate surface area is 154 Å². The molecule has 0 fully saturated rings. The highest BCUT2D eigenvalue weighted by atomic mass is 16.4. The van der Waals surface area contributed by atoms with Crippen molar-refractivity contribution in [3.63, 3.8) is 0 Å². The molecule has 0 aliphatic heterocycles. The van der Waals surface area contributed by atoms with E-state index in [1.807, 2.05) is 27.7 Å². The first-order chi connectivity index (χ1) is 11.9. The molecule has 0 aliphatic rings. The van der Waals surface area contributed by atoms with Gasteiger partial charge >= 0.3 is 5.97 Å². The van der Waals surface area contributed by atoms with Gasteiger partial charge in [0.25, 0.3) is 0 Å². The van der Waals surface area contributed by atoms with Gasteiger partial charge < -0.3 is 26.8 Å². The molecule has 6 N–H and O–H groups in total. The number of rotatable bonds is 11. The molecule has 0 spiro atoms. The van der Waals surface area contributed by atoms with Gasteiger partial charge in [-0.05, 0) is 31.6 Å². The van der Waals surface area contributed by atoms with E-state index >= 15 is 0 Å². The van der Waals surface area contributed by atoms with Crippen LogP contribution in [0.15, 0.2) is 0 Å². The molecule has 9 nitrogen and oxygen atoms in total. The highest BCUT2D eigenvalue weighted by Gasteiger charge is 2.23. The molecule has 0 saturated heterocycles. The molecule has 0 rings (SSSR count). The SMILES string of the molecule is CC(C)CC(N)C(=O)NC(C)C(=O)NCC(=O)NC(CC(C)C)C(=O)O. The number of hydrogen-bond acceptors (Lipinski definition) is 5. The first kappa shape index (κ1) is 23.8. The van der Waals surface area contributed by atoms with Gasteiger partial charge in [0.05, 0.1) is 12.6 Å². The predicted molar refractivity (Wildman–Crippen MR) is 97.1 cm³/mol. The molecule has 0 aliphatic carbocycles. The van der Waals surface area contributed by atoms with Crippen LogP contribution in [0.1, 0.15) is 47.5 Å². The largest absolute Gasteiger partial charge is 0.480 e. The fourth-order valence-corrected chi connectivity index (χ4v) is 2.26. The van der Waals surface area contributed by atoms with E-state index in [9.17, 15) is 19.2 Å². The molecule has 0 heterocycles. The fraction of sp³-hybridized carbons (Fsp3) is 0.765. The maximum Gasteiger partial charge on any atom is 0.326 e. The molecule has 0 saturated carbocycles. The Morgan fingerprint density at radius 3 is 1.88 bits per heavy atom. The molecule has 3 unspecified atom stereocenters. The van der Waals surface area contributed by atoms with Gasteiger partial charge in [0.15, 0.2) is 0 Å². The molecule has 0 radical (unpaired) electrons. The lowest BCUT2D eigenvalue weighted by atomic mass is 10.0. The smallest absolute Gasteiger partial charge is 0.326 e. The van der Waals surface area contributed by atoms with E-state index in [1.54, 1.807) is 0 Å². The Kier molecular flexibility index (Phi) is 10.5. The third kappa shape index (κ3) is 9.97. The van der Waals surface area contributed by atoms with Crippen LogP contribution in [-0.4, -0.2) is 53.5 Å². The lowest BCUT2D eigenvalue weighted by Gasteiger charge is -2.19. The Hall–Kier alpha value is -2.16. The second kappa shape index (κ2) is 11.5. The molecule has 0 aromatic rings. The average molecular weight is 372 g/mol. The first-order valence-corrected chi connectivity index (χ1v) is 8.79. The fourth-order valence-electron chi connectivity index (χ4n) is 2.26. The molecule has 26 heavy (non-hydrogen) atoms. The normalized spacial score (nSPS) is 14.5. The monoisotopic (exact) mass is 372 g/mol. The quantitative estimate of drug-likeness (QED) is 0.333. The van der Waals surface area contributed by atoms with Crippen molar-refractivity contribution in [1.82, 2.24) is 16.0 Å². The van der Waals surface area contributed by atoms with E-state index in [0.29, 0.717) is 6.42 Å². The van der Waals surface area contributed by atoms with Crippen LogP contribution in [0.5, 0.6) is 0 Å². The summed E-state index contributed by atoms with van der Waals surface area (Å²) in [5.74, 6) is -2.39. The lowest BCUT2D eigenvalue weighted by molar-refractivity contribution is -0.142. The van der Waals surface area contributed by atoms with Crippen molar-refractivity contribution in [2.24, 2.45) is 17.6 Å². The summed E-state index contributed by atoms with van der Waals surface area (Å²) in [5, 5.41) is 16.3. The van der Waals surface area contributed by atoms with Crippen molar-refractivity contribution in [2.45, 2.75) is 65.6 Å². The van der Waals surface area contributed by atoms with Crippen molar-refractivity contribution in [3.8, 4) is 0 Å². The van der Waals surface area contributed by atoms with Crippen LogP contribution >= 0.6 is 0 Å². The summed E-state index contributed by atoms with van der Waals surface area (Å²) >= 11 is 0. The standard InChI is InChI=1S/C17H32N4O5/c1-9(2)6-12(18)16(24)20-11(5)15(23)19-8-14(22)21-13(17(25)26)7-10(3)4/h9-13H,6-8,18H2,1-5H3,(H,19,23)(H,20,24)(H,21,22)(H,25,26). The second-order valence-corrected chi connectivity index (χ2v) is 7.27. The number of amides is 3. The maximum atomic E-state index is 12.0. The molecule has 0 aromatic carbocycles. The predicted octanol–water partition coefficient (Wildman–Crippen LogP) is -0.404. The Morgan fingerprint density at radius 2 is 1.42 bits per heavy atom. The van der Waals surface area contributed by atoms with Crippen molar-refractivity contribution in [2.75, 3.05) is 6.54 Å². The van der Waals surface area contributed by atoms with Gasteiger partial charge in [0, 0.05) is 0 Å². The zero-order valence-corrected chi connectivity index (χ0v) is 16.2. The Morgan fingerprint density at radius 1 is 0.885 bits per heavy atom. The third-order valence-corrected chi connectivity index (χ3v) is 3.58. The van der Waals surface area contributed by atoms with E-state index in [2.05, 4.69) is 16.0 Å². The van der Waals surface area contributed by atoms with E-state index in [-0.39, 0.29) is 24.8 Å². The minimum Gasteiger partial charge on any atom is -0.480 e. The topological polar surface area (TPSA) is 151 Å². The van der Waals surface area contributed by atoms with Crippen molar-refractivity contribution < 1.29 is 24.3 Å². The van der Waals surface area contributed by atoms with E-state index in [1.165, 1.54) is 6.92 Å². The molecule has 3 amide bonds. The summed E-state index contributed by atoms with van der Waals surface area (Å²) < 4.78 is 0. The van der Waals surface area contributed by atoms with Gasteiger partial charge in [-0.1, -0.05) is 27.7 Å². The van der Waals surface area contributed by atoms with Crippen LogP contribution in [-0.2, 0) is 19.2 Å². The van der Waals surface area contributed by atoms with Crippen LogP contribution < -0.4 is 21.7 Å². The summed E-state index contributed by atoms with van der Waals surface area (Å²) in [5.41, 5.74) is 5.75. The van der Waals surface area contributed by atoms with Crippen molar-refractivity contribution >= 4 is 23.7 Å². The van der Waals surface area contributed by atoms with E-state index in [4.69, 9.17) is 10.8 Å². The molecule has 9 heteroatoms. The van der Waals surface area contributed by atoms with Gasteiger partial charge in [0.1, 0.15) is 12.1 Å². The molecule has 0 aromatic heterocycles. The Bertz CT molecular complexity index is 507. The summed E-state index contributed by atoms with van der Waals surface area (Å²) in [4.78, 5) is 46.8. The summed E-state index contributed by atoms with van der Waals surface area (Å²) in [6.45, 7) is 8.67. The number of carboxylic acid groups (broad SMARTS) is 1. The van der Waals surface area contributed by atoms with Crippen LogP contribution in [0.2, 0.25) is 0 Å². The minimum atomic E-state index is -1.13. The summed E-state index contributed by atoms with van der Waals surface area (Å²) in [7, 11) is 0. The number of carbonyl (C=O) groups is 4. The minimum absolute atomic E-state index is 0.0938. The number of aliphatic carboxylic acids is 1. The van der Waals surface area contributed by atoms with Gasteiger partial charge in [-0.3, -0.25) is 14.4 Å². The first-order valence-electron chi connectivity index (χ1n) is 8.79. The highest BCUT2D eigenvalue weighted by Crippen LogP contribution is 2.05. The van der Waals surface area contributed by atoms with Crippen LogP contribution in [0.25, 0.3) is 0 Å². The zero-order valence-electron chi connectivity index (χ0n) is 16.2. The Balaban J connectivity index is 4.39. The van der Waals surface area contributed by atoms with Crippen molar-refractivity contribution in [3.05, 3.63) is 0 Å². The number of carboxylic acids is 1. The molecular weight excluding hydrogens is 340 g/mol.